The summed E-state index contributed by atoms with van der Waals surface area (Å²) in [6, 6.07) is 4.10. The molecule has 2 rings (SSSR count). The van der Waals surface area contributed by atoms with Gasteiger partial charge in [-0.15, -0.1) is 0 Å². The van der Waals surface area contributed by atoms with Crippen LogP contribution in [0.1, 0.15) is 22.8 Å². The standard InChI is InChI=1S/C13H18N2O2S/c1-8-5-10(6-11(12(8)14)13(16)17)15-3-4-18-7-9(15)2/h5-6,9H,3-4,7,14H2,1-2H3,(H,16,17). The van der Waals surface area contributed by atoms with Gasteiger partial charge >= 0.3 is 5.97 Å². The summed E-state index contributed by atoms with van der Waals surface area (Å²) in [6.45, 7) is 4.97. The molecule has 1 atom stereocenters. The minimum Gasteiger partial charge on any atom is -0.478 e. The summed E-state index contributed by atoms with van der Waals surface area (Å²) in [5.74, 6) is 1.19. The van der Waals surface area contributed by atoms with Gasteiger partial charge in [-0.05, 0) is 31.5 Å². The fourth-order valence-corrected chi connectivity index (χ4v) is 3.25. The van der Waals surface area contributed by atoms with E-state index in [4.69, 9.17) is 5.73 Å². The minimum atomic E-state index is -0.962. The van der Waals surface area contributed by atoms with Gasteiger partial charge in [-0.25, -0.2) is 4.79 Å². The van der Waals surface area contributed by atoms with E-state index in [1.807, 2.05) is 24.8 Å². The van der Waals surface area contributed by atoms with E-state index in [-0.39, 0.29) is 5.56 Å². The Balaban J connectivity index is 2.41. The molecule has 1 saturated heterocycles. The molecule has 1 fully saturated rings. The van der Waals surface area contributed by atoms with Crippen LogP contribution in [0.25, 0.3) is 0 Å². The predicted molar refractivity (Wildman–Crippen MR) is 76.7 cm³/mol. The topological polar surface area (TPSA) is 66.6 Å². The molecule has 1 aliphatic heterocycles. The van der Waals surface area contributed by atoms with Crippen LogP contribution in [-0.2, 0) is 0 Å². The first kappa shape index (κ1) is 13.1. The molecule has 1 heterocycles. The number of nitrogens with two attached hydrogens (primary N) is 1. The fourth-order valence-electron chi connectivity index (χ4n) is 2.23. The molecule has 4 nitrogen and oxygen atoms in total. The highest BCUT2D eigenvalue weighted by Crippen LogP contribution is 2.29. The molecule has 0 amide bonds. The number of rotatable bonds is 2. The van der Waals surface area contributed by atoms with Crippen molar-refractivity contribution in [2.75, 3.05) is 28.7 Å². The predicted octanol–water partition coefficient (Wildman–Crippen LogP) is 2.22. The Kier molecular flexibility index (Phi) is 3.71. The van der Waals surface area contributed by atoms with Gasteiger partial charge in [-0.2, -0.15) is 11.8 Å². The highest BCUT2D eigenvalue weighted by molar-refractivity contribution is 7.99. The number of anilines is 2. The van der Waals surface area contributed by atoms with Gasteiger partial charge in [0.25, 0.3) is 0 Å². The van der Waals surface area contributed by atoms with Gasteiger partial charge in [-0.1, -0.05) is 0 Å². The summed E-state index contributed by atoms with van der Waals surface area (Å²) in [7, 11) is 0. The van der Waals surface area contributed by atoms with Gasteiger partial charge in [0.2, 0.25) is 0 Å². The number of carboxylic acid groups (broad SMARTS) is 1. The molecule has 1 aromatic carbocycles. The third-order valence-corrected chi connectivity index (χ3v) is 4.49. The van der Waals surface area contributed by atoms with Gasteiger partial charge in [0, 0.05) is 35.5 Å². The third kappa shape index (κ3) is 2.41. The van der Waals surface area contributed by atoms with Gasteiger partial charge < -0.3 is 15.7 Å². The molecule has 1 aromatic rings. The van der Waals surface area contributed by atoms with Crippen LogP contribution in [0, 0.1) is 6.92 Å². The Morgan fingerprint density at radius 3 is 2.89 bits per heavy atom. The average molecular weight is 266 g/mol. The van der Waals surface area contributed by atoms with Crippen molar-refractivity contribution in [3.63, 3.8) is 0 Å². The summed E-state index contributed by atoms with van der Waals surface area (Å²) in [5, 5.41) is 9.18. The molecule has 18 heavy (non-hydrogen) atoms. The summed E-state index contributed by atoms with van der Waals surface area (Å²) in [5.41, 5.74) is 8.18. The molecular formula is C13H18N2O2S. The van der Waals surface area contributed by atoms with Crippen molar-refractivity contribution in [1.82, 2.24) is 0 Å². The van der Waals surface area contributed by atoms with E-state index in [2.05, 4.69) is 11.8 Å². The second kappa shape index (κ2) is 5.10. The third-order valence-electron chi connectivity index (χ3n) is 3.30. The molecule has 1 unspecified atom stereocenters. The van der Waals surface area contributed by atoms with Gasteiger partial charge in [0.15, 0.2) is 0 Å². The van der Waals surface area contributed by atoms with E-state index in [1.54, 1.807) is 6.07 Å². The van der Waals surface area contributed by atoms with Crippen LogP contribution < -0.4 is 10.6 Å². The second-order valence-corrected chi connectivity index (χ2v) is 5.80. The maximum absolute atomic E-state index is 11.2. The molecule has 0 spiro atoms. The van der Waals surface area contributed by atoms with Crippen LogP contribution in [0.15, 0.2) is 12.1 Å². The summed E-state index contributed by atoms with van der Waals surface area (Å²) in [6.07, 6.45) is 0. The van der Waals surface area contributed by atoms with E-state index in [0.29, 0.717) is 11.7 Å². The number of benzene rings is 1. The van der Waals surface area contributed by atoms with E-state index in [0.717, 1.165) is 29.3 Å². The van der Waals surface area contributed by atoms with Crippen LogP contribution in [-0.4, -0.2) is 35.2 Å². The molecule has 0 aromatic heterocycles. The smallest absolute Gasteiger partial charge is 0.337 e. The average Bonchev–Trinajstić information content (AvgIpc) is 2.33. The molecule has 98 valence electrons. The number of nitrogen functional groups attached to an aromatic ring is 1. The van der Waals surface area contributed by atoms with Crippen molar-refractivity contribution in [2.45, 2.75) is 19.9 Å². The largest absolute Gasteiger partial charge is 0.478 e. The molecule has 3 N–H and O–H groups in total. The Morgan fingerprint density at radius 2 is 2.28 bits per heavy atom. The lowest BCUT2D eigenvalue weighted by Crippen LogP contribution is -2.40. The number of carbonyl (C=O) groups is 1. The molecule has 0 bridgehead atoms. The number of carboxylic acids is 1. The zero-order valence-corrected chi connectivity index (χ0v) is 11.5. The molecule has 0 aliphatic carbocycles. The molecule has 5 heteroatoms. The molecule has 0 saturated carbocycles. The summed E-state index contributed by atoms with van der Waals surface area (Å²) in [4.78, 5) is 13.4. The van der Waals surface area contributed by atoms with Crippen LogP contribution in [0.5, 0.6) is 0 Å². The Labute approximate surface area is 111 Å². The van der Waals surface area contributed by atoms with Crippen LogP contribution >= 0.6 is 11.8 Å². The number of nitrogens with zero attached hydrogens (tertiary/aromatic N) is 1. The van der Waals surface area contributed by atoms with Crippen molar-refractivity contribution in [3.05, 3.63) is 23.3 Å². The van der Waals surface area contributed by atoms with Crippen molar-refractivity contribution >= 4 is 29.1 Å². The number of thioether (sulfide) groups is 1. The maximum atomic E-state index is 11.2. The number of aromatic carboxylic acids is 1. The fraction of sp³-hybridized carbons (Fsp3) is 0.462. The van der Waals surface area contributed by atoms with E-state index in [9.17, 15) is 9.90 Å². The number of hydrogen-bond acceptors (Lipinski definition) is 4. The van der Waals surface area contributed by atoms with Gasteiger partial charge in [-0.3, -0.25) is 0 Å². The molecular weight excluding hydrogens is 248 g/mol. The monoisotopic (exact) mass is 266 g/mol. The zero-order chi connectivity index (χ0) is 13.3. The lowest BCUT2D eigenvalue weighted by atomic mass is 10.1. The van der Waals surface area contributed by atoms with Gasteiger partial charge in [0.1, 0.15) is 0 Å². The maximum Gasteiger partial charge on any atom is 0.337 e. The first-order valence-corrected chi connectivity index (χ1v) is 7.14. The second-order valence-electron chi connectivity index (χ2n) is 4.65. The Hall–Kier alpha value is -1.36. The lowest BCUT2D eigenvalue weighted by Gasteiger charge is -2.35. The summed E-state index contributed by atoms with van der Waals surface area (Å²) < 4.78 is 0. The zero-order valence-electron chi connectivity index (χ0n) is 10.6. The molecule has 0 radical (unpaired) electrons. The van der Waals surface area contributed by atoms with Crippen molar-refractivity contribution in [1.29, 1.82) is 0 Å². The van der Waals surface area contributed by atoms with Crippen molar-refractivity contribution in [3.8, 4) is 0 Å². The quantitative estimate of drug-likeness (QED) is 0.803. The van der Waals surface area contributed by atoms with Crippen LogP contribution in [0.3, 0.4) is 0 Å². The minimum absolute atomic E-state index is 0.204. The molecule has 1 aliphatic rings. The summed E-state index contributed by atoms with van der Waals surface area (Å²) >= 11 is 1.94. The van der Waals surface area contributed by atoms with Crippen molar-refractivity contribution in [2.24, 2.45) is 0 Å². The number of aryl methyl sites for hydroxylation is 1. The van der Waals surface area contributed by atoms with Crippen LogP contribution in [0.2, 0.25) is 0 Å². The van der Waals surface area contributed by atoms with E-state index >= 15 is 0 Å². The normalized spacial score (nSPS) is 19.9. The first-order valence-electron chi connectivity index (χ1n) is 5.98. The van der Waals surface area contributed by atoms with Crippen LogP contribution in [0.4, 0.5) is 11.4 Å². The Bertz CT molecular complexity index is 476. The lowest BCUT2D eigenvalue weighted by molar-refractivity contribution is 0.0698. The first-order chi connectivity index (χ1) is 8.50. The van der Waals surface area contributed by atoms with Crippen molar-refractivity contribution < 1.29 is 9.90 Å². The van der Waals surface area contributed by atoms with Gasteiger partial charge in [0.05, 0.1) is 5.56 Å². The highest BCUT2D eigenvalue weighted by atomic mass is 32.2. The van der Waals surface area contributed by atoms with E-state index < -0.39 is 5.97 Å². The highest BCUT2D eigenvalue weighted by Gasteiger charge is 2.21. The Morgan fingerprint density at radius 1 is 1.56 bits per heavy atom. The number of hydrogen-bond donors (Lipinski definition) is 2. The van der Waals surface area contributed by atoms with E-state index in [1.165, 1.54) is 0 Å². The SMILES string of the molecule is Cc1cc(N2CCSCC2C)cc(C(=O)O)c1N.